The fraction of sp³-hybridized carbons (Fsp3) is 0.417. The van der Waals surface area contributed by atoms with Crippen LogP contribution in [0.3, 0.4) is 0 Å². The van der Waals surface area contributed by atoms with Gasteiger partial charge >= 0.3 is 0 Å². The van der Waals surface area contributed by atoms with Crippen LogP contribution in [0.15, 0.2) is 18.3 Å². The van der Waals surface area contributed by atoms with Gasteiger partial charge in [-0.05, 0) is 37.0 Å². The molecule has 0 saturated heterocycles. The van der Waals surface area contributed by atoms with E-state index < -0.39 is 0 Å². The first-order valence-corrected chi connectivity index (χ1v) is 6.66. The average molecular weight is 248 g/mol. The third kappa shape index (κ3) is 1.80. The number of hydrazine groups is 1. The van der Waals surface area contributed by atoms with Gasteiger partial charge in [-0.2, -0.15) is 5.10 Å². The minimum absolute atomic E-state index is 0.0538. The molecule has 4 nitrogen and oxygen atoms in total. The van der Waals surface area contributed by atoms with Crippen molar-refractivity contribution in [2.45, 2.75) is 25.3 Å². The van der Waals surface area contributed by atoms with Crippen LogP contribution >= 0.6 is 11.3 Å². The molecule has 0 spiro atoms. The normalized spacial score (nSPS) is 16.1. The summed E-state index contributed by atoms with van der Waals surface area (Å²) in [6, 6.07) is 4.36. The molecule has 1 aliphatic rings. The number of fused-ring (bicyclic) bond motifs is 1. The topological polar surface area (TPSA) is 55.9 Å². The van der Waals surface area contributed by atoms with E-state index in [-0.39, 0.29) is 6.04 Å². The van der Waals surface area contributed by atoms with Crippen LogP contribution in [0.25, 0.3) is 0 Å². The van der Waals surface area contributed by atoms with Gasteiger partial charge < -0.3 is 0 Å². The Kier molecular flexibility index (Phi) is 2.74. The van der Waals surface area contributed by atoms with E-state index in [0.29, 0.717) is 0 Å². The molecule has 5 heteroatoms. The molecular formula is C12H16N4S. The van der Waals surface area contributed by atoms with Gasteiger partial charge in [-0.25, -0.2) is 5.43 Å². The van der Waals surface area contributed by atoms with Gasteiger partial charge in [-0.15, -0.1) is 11.3 Å². The van der Waals surface area contributed by atoms with Gasteiger partial charge in [0, 0.05) is 23.0 Å². The molecule has 0 aliphatic heterocycles. The number of thiophene rings is 1. The molecular weight excluding hydrogens is 232 g/mol. The smallest absolute Gasteiger partial charge is 0.0970 e. The lowest BCUT2D eigenvalue weighted by Gasteiger charge is -2.14. The van der Waals surface area contributed by atoms with Crippen LogP contribution in [0.4, 0.5) is 0 Å². The highest BCUT2D eigenvalue weighted by Gasteiger charge is 2.22. The zero-order valence-corrected chi connectivity index (χ0v) is 10.6. The van der Waals surface area contributed by atoms with Gasteiger partial charge in [0.15, 0.2) is 0 Å². The molecule has 2 heterocycles. The second-order valence-electron chi connectivity index (χ2n) is 4.43. The monoisotopic (exact) mass is 248 g/mol. The minimum atomic E-state index is 0.0538. The molecule has 3 rings (SSSR count). The van der Waals surface area contributed by atoms with Gasteiger partial charge in [0.05, 0.1) is 11.7 Å². The molecule has 0 radical (unpaired) electrons. The van der Waals surface area contributed by atoms with E-state index in [4.69, 9.17) is 5.84 Å². The maximum Gasteiger partial charge on any atom is 0.0970 e. The van der Waals surface area contributed by atoms with Gasteiger partial charge in [-0.3, -0.25) is 10.5 Å². The Bertz CT molecular complexity index is 507. The lowest BCUT2D eigenvalue weighted by atomic mass is 10.1. The molecule has 1 unspecified atom stereocenters. The quantitative estimate of drug-likeness (QED) is 0.639. The van der Waals surface area contributed by atoms with E-state index >= 15 is 0 Å². The number of aromatic nitrogens is 2. The van der Waals surface area contributed by atoms with Crippen LogP contribution in [0.2, 0.25) is 0 Å². The van der Waals surface area contributed by atoms with Crippen molar-refractivity contribution in [1.82, 2.24) is 15.2 Å². The third-order valence-electron chi connectivity index (χ3n) is 3.37. The van der Waals surface area contributed by atoms with Crippen LogP contribution in [0, 0.1) is 0 Å². The van der Waals surface area contributed by atoms with Crippen LogP contribution in [-0.4, -0.2) is 9.78 Å². The highest BCUT2D eigenvalue weighted by molar-refractivity contribution is 7.12. The minimum Gasteiger partial charge on any atom is -0.271 e. The predicted molar refractivity (Wildman–Crippen MR) is 68.7 cm³/mol. The van der Waals surface area contributed by atoms with Crippen molar-refractivity contribution in [3.8, 4) is 0 Å². The summed E-state index contributed by atoms with van der Waals surface area (Å²) in [5.41, 5.74) is 5.51. The largest absolute Gasteiger partial charge is 0.271 e. The number of nitrogens with one attached hydrogen (secondary N) is 1. The zero-order valence-electron chi connectivity index (χ0n) is 9.81. The molecule has 2 aromatic rings. The summed E-state index contributed by atoms with van der Waals surface area (Å²) in [7, 11) is 1.95. The number of nitrogens with zero attached hydrogens (tertiary/aromatic N) is 2. The molecule has 0 amide bonds. The van der Waals surface area contributed by atoms with Crippen molar-refractivity contribution in [3.63, 3.8) is 0 Å². The fourth-order valence-electron chi connectivity index (χ4n) is 2.47. The molecule has 2 aromatic heterocycles. The standard InChI is InChI=1S/C12H16N4S/c1-16-9(5-6-14-16)12(15-13)11-7-8-3-2-4-10(8)17-11/h5-7,12,15H,2-4,13H2,1H3. The van der Waals surface area contributed by atoms with Crippen molar-refractivity contribution < 1.29 is 0 Å². The lowest BCUT2D eigenvalue weighted by molar-refractivity contribution is 0.581. The van der Waals surface area contributed by atoms with E-state index in [0.717, 1.165) is 5.69 Å². The highest BCUT2D eigenvalue weighted by atomic mass is 32.1. The first kappa shape index (κ1) is 11.0. The summed E-state index contributed by atoms with van der Waals surface area (Å²) in [5.74, 6) is 5.70. The van der Waals surface area contributed by atoms with Crippen molar-refractivity contribution in [2.24, 2.45) is 12.9 Å². The molecule has 0 bridgehead atoms. The molecule has 1 aliphatic carbocycles. The highest BCUT2D eigenvalue weighted by Crippen LogP contribution is 2.35. The molecule has 90 valence electrons. The molecule has 17 heavy (non-hydrogen) atoms. The Labute approximate surface area is 104 Å². The van der Waals surface area contributed by atoms with Crippen LogP contribution in [-0.2, 0) is 19.9 Å². The maximum absolute atomic E-state index is 5.70. The Morgan fingerprint density at radius 3 is 3.06 bits per heavy atom. The van der Waals surface area contributed by atoms with Crippen LogP contribution in [0.1, 0.15) is 33.5 Å². The number of aryl methyl sites for hydroxylation is 3. The summed E-state index contributed by atoms with van der Waals surface area (Å²) in [6.07, 6.45) is 5.55. The second kappa shape index (κ2) is 4.25. The molecule has 0 fully saturated rings. The van der Waals surface area contributed by atoms with Gasteiger partial charge in [0.25, 0.3) is 0 Å². The van der Waals surface area contributed by atoms with Crippen molar-refractivity contribution >= 4 is 11.3 Å². The van der Waals surface area contributed by atoms with E-state index in [9.17, 15) is 0 Å². The third-order valence-corrected chi connectivity index (χ3v) is 4.67. The SMILES string of the molecule is Cn1nccc1C(NN)c1cc2c(s1)CCC2. The summed E-state index contributed by atoms with van der Waals surface area (Å²) in [5, 5.41) is 4.20. The predicted octanol–water partition coefficient (Wildman–Crippen LogP) is 1.52. The van der Waals surface area contributed by atoms with E-state index in [1.54, 1.807) is 6.20 Å². The van der Waals surface area contributed by atoms with Gasteiger partial charge in [0.2, 0.25) is 0 Å². The number of hydrogen-bond donors (Lipinski definition) is 2. The first-order chi connectivity index (χ1) is 8.29. The van der Waals surface area contributed by atoms with E-state index in [1.165, 1.54) is 34.6 Å². The summed E-state index contributed by atoms with van der Waals surface area (Å²) in [6.45, 7) is 0. The Hall–Kier alpha value is -1.17. The number of hydrogen-bond acceptors (Lipinski definition) is 4. The first-order valence-electron chi connectivity index (χ1n) is 5.85. The number of rotatable bonds is 3. The summed E-state index contributed by atoms with van der Waals surface area (Å²) >= 11 is 1.88. The molecule has 3 N–H and O–H groups in total. The van der Waals surface area contributed by atoms with E-state index in [2.05, 4.69) is 16.6 Å². The lowest BCUT2D eigenvalue weighted by Crippen LogP contribution is -2.29. The maximum atomic E-state index is 5.70. The fourth-order valence-corrected chi connectivity index (χ4v) is 3.81. The van der Waals surface area contributed by atoms with Crippen molar-refractivity contribution in [3.05, 3.63) is 39.3 Å². The summed E-state index contributed by atoms with van der Waals surface area (Å²) < 4.78 is 1.87. The van der Waals surface area contributed by atoms with E-state index in [1.807, 2.05) is 29.1 Å². The van der Waals surface area contributed by atoms with Crippen LogP contribution in [0.5, 0.6) is 0 Å². The molecule has 0 aromatic carbocycles. The zero-order chi connectivity index (χ0) is 11.8. The van der Waals surface area contributed by atoms with Gasteiger partial charge in [-0.1, -0.05) is 0 Å². The Morgan fingerprint density at radius 1 is 1.53 bits per heavy atom. The summed E-state index contributed by atoms with van der Waals surface area (Å²) in [4.78, 5) is 2.82. The Morgan fingerprint density at radius 2 is 2.41 bits per heavy atom. The second-order valence-corrected chi connectivity index (χ2v) is 5.60. The van der Waals surface area contributed by atoms with Crippen molar-refractivity contribution in [2.75, 3.05) is 0 Å². The molecule has 1 atom stereocenters. The van der Waals surface area contributed by atoms with Crippen LogP contribution < -0.4 is 11.3 Å². The number of nitrogens with two attached hydrogens (primary N) is 1. The van der Waals surface area contributed by atoms with Crippen molar-refractivity contribution in [1.29, 1.82) is 0 Å². The molecule has 0 saturated carbocycles. The average Bonchev–Trinajstić information content (AvgIpc) is 2.96. The van der Waals surface area contributed by atoms with Gasteiger partial charge in [0.1, 0.15) is 0 Å². The Balaban J connectivity index is 1.97.